The molecule has 0 aliphatic heterocycles. The van der Waals surface area contributed by atoms with Gasteiger partial charge in [0.2, 0.25) is 0 Å². The lowest BCUT2D eigenvalue weighted by atomic mass is 9.82. The molecule has 0 spiro atoms. The van der Waals surface area contributed by atoms with E-state index in [1.807, 2.05) is 0 Å². The Kier molecular flexibility index (Phi) is 17.7. The van der Waals surface area contributed by atoms with Crippen molar-refractivity contribution in [3.63, 3.8) is 0 Å². The summed E-state index contributed by atoms with van der Waals surface area (Å²) in [6.45, 7) is 13.4. The molecule has 19 aromatic carbocycles. The third kappa shape index (κ3) is 12.1. The van der Waals surface area contributed by atoms with Crippen LogP contribution >= 0.6 is 0 Å². The molecule has 27 rings (SSSR count). The second-order valence-electron chi connectivity index (χ2n) is 35.1. The van der Waals surface area contributed by atoms with Crippen LogP contribution in [-0.4, -0.2) is 32.0 Å². The molecule has 26 aromatic rings. The fourth-order valence-electron chi connectivity index (χ4n) is 21.1. The van der Waals surface area contributed by atoms with Crippen molar-refractivity contribution in [2.24, 2.45) is 0 Å². The number of benzene rings is 19. The molecular weight excluding hydrogens is 1550 g/mol. The zero-order chi connectivity index (χ0) is 85.6. The van der Waals surface area contributed by atoms with Crippen LogP contribution in [0, 0.1) is 27.7 Å². The molecule has 0 amide bonds. The van der Waals surface area contributed by atoms with Crippen molar-refractivity contribution in [2.75, 3.05) is 0 Å². The number of para-hydroxylation sites is 10. The first kappa shape index (κ1) is 75.5. The molecular formula is C121H89N7. The average Bonchev–Trinajstić information content (AvgIpc) is 1.57. The summed E-state index contributed by atoms with van der Waals surface area (Å²) in [5, 5.41) is 18.1. The van der Waals surface area contributed by atoms with Gasteiger partial charge in [0.15, 0.2) is 0 Å². The lowest BCUT2D eigenvalue weighted by Gasteiger charge is -2.21. The van der Waals surface area contributed by atoms with Gasteiger partial charge in [0.25, 0.3) is 0 Å². The number of aryl methyl sites for hydroxylation is 4. The molecule has 1 aliphatic rings. The van der Waals surface area contributed by atoms with Crippen molar-refractivity contribution < 1.29 is 0 Å². The number of hydrogen-bond acceptors (Lipinski definition) is 0. The summed E-state index contributed by atoms with van der Waals surface area (Å²) in [6.07, 6.45) is 0. The first-order chi connectivity index (χ1) is 62.9. The van der Waals surface area contributed by atoms with Crippen LogP contribution in [0.25, 0.3) is 204 Å². The van der Waals surface area contributed by atoms with E-state index in [4.69, 9.17) is 0 Å². The second-order valence-corrected chi connectivity index (χ2v) is 35.1. The fraction of sp³-hybridized carbons (Fsp3) is 0.0579. The molecule has 7 heteroatoms. The second kappa shape index (κ2) is 30.1. The SMILES string of the molecule is Cc1ccc2c(c1)c1cc3c(cc1n2-c1ccccc1)C(C)(C)c1ccccc1-3.Cc1ccc2c(c1)c1cc3c(cc1n2-c1ccccc1)c1ccccc1n3-c1ccccc1.Cc1ccc2c(c1)c1cc3c4ccccc4n(-c4ccccc4)c3cc1n2-c1ccccc1.Cc1ccc2c3cc4c(cc3n(-c3ccccc3)c2c1)c1ccccc1n4-c1ccccc1. The molecule has 128 heavy (non-hydrogen) atoms. The van der Waals surface area contributed by atoms with E-state index in [0.717, 1.165) is 0 Å². The maximum absolute atomic E-state index is 2.44. The minimum absolute atomic E-state index is 0.00794. The largest absolute Gasteiger partial charge is 0.309 e. The van der Waals surface area contributed by atoms with Gasteiger partial charge in [-0.3, -0.25) is 0 Å². The molecule has 0 N–H and O–H groups in total. The molecule has 7 heterocycles. The van der Waals surface area contributed by atoms with E-state index in [0.29, 0.717) is 0 Å². The number of fused-ring (bicyclic) bond motifs is 24. The van der Waals surface area contributed by atoms with E-state index in [1.54, 1.807) is 0 Å². The maximum Gasteiger partial charge on any atom is 0.0562 e. The summed E-state index contributed by atoms with van der Waals surface area (Å²) in [5.41, 5.74) is 36.5. The third-order valence-electron chi connectivity index (χ3n) is 26.9. The van der Waals surface area contributed by atoms with E-state index >= 15 is 0 Å². The van der Waals surface area contributed by atoms with Gasteiger partial charge in [-0.1, -0.05) is 267 Å². The van der Waals surface area contributed by atoms with Crippen LogP contribution in [-0.2, 0) is 5.41 Å². The highest BCUT2D eigenvalue weighted by Crippen LogP contribution is 2.52. The average molecular weight is 1640 g/mol. The minimum atomic E-state index is 0.00794. The fourth-order valence-corrected chi connectivity index (χ4v) is 21.1. The van der Waals surface area contributed by atoms with E-state index in [9.17, 15) is 0 Å². The first-order valence-corrected chi connectivity index (χ1v) is 44.5. The predicted molar refractivity (Wildman–Crippen MR) is 543 cm³/mol. The van der Waals surface area contributed by atoms with Crippen molar-refractivity contribution in [1.82, 2.24) is 32.0 Å². The number of nitrogens with zero attached hydrogens (tertiary/aromatic N) is 7. The number of hydrogen-bond donors (Lipinski definition) is 0. The highest BCUT2D eigenvalue weighted by molar-refractivity contribution is 6.23. The van der Waals surface area contributed by atoms with Crippen molar-refractivity contribution in [1.29, 1.82) is 0 Å². The molecule has 0 saturated carbocycles. The van der Waals surface area contributed by atoms with Gasteiger partial charge in [-0.25, -0.2) is 0 Å². The predicted octanol–water partition coefficient (Wildman–Crippen LogP) is 32.0. The molecule has 608 valence electrons. The molecule has 1 aliphatic carbocycles. The molecule has 0 bridgehead atoms. The van der Waals surface area contributed by atoms with Crippen LogP contribution in [0.3, 0.4) is 0 Å². The Morgan fingerprint density at radius 3 is 0.727 bits per heavy atom. The Labute approximate surface area is 741 Å². The molecule has 0 unspecified atom stereocenters. The van der Waals surface area contributed by atoms with Gasteiger partial charge in [-0.2, -0.15) is 0 Å². The summed E-state index contributed by atoms with van der Waals surface area (Å²) >= 11 is 0. The van der Waals surface area contributed by atoms with Crippen molar-refractivity contribution >= 4 is 153 Å². The lowest BCUT2D eigenvalue weighted by molar-refractivity contribution is 0.661. The van der Waals surface area contributed by atoms with Gasteiger partial charge in [-0.15, -0.1) is 0 Å². The van der Waals surface area contributed by atoms with Crippen LogP contribution in [0.4, 0.5) is 0 Å². The highest BCUT2D eigenvalue weighted by atomic mass is 15.0. The summed E-state index contributed by atoms with van der Waals surface area (Å²) in [6, 6.07) is 156. The van der Waals surface area contributed by atoms with Crippen molar-refractivity contribution in [2.45, 2.75) is 47.0 Å². The number of aromatic nitrogens is 7. The Hall–Kier alpha value is -16.2. The monoisotopic (exact) mass is 1640 g/mol. The lowest BCUT2D eigenvalue weighted by Crippen LogP contribution is -2.14. The Balaban J connectivity index is 0.0000000951. The van der Waals surface area contributed by atoms with Gasteiger partial charge in [0, 0.05) is 121 Å². The molecule has 0 saturated heterocycles. The van der Waals surface area contributed by atoms with Gasteiger partial charge in [0.1, 0.15) is 0 Å². The molecule has 0 radical (unpaired) electrons. The molecule has 0 fully saturated rings. The van der Waals surface area contributed by atoms with E-state index in [2.05, 4.69) is 504 Å². The first-order valence-electron chi connectivity index (χ1n) is 44.5. The third-order valence-corrected chi connectivity index (χ3v) is 26.9. The normalized spacial score (nSPS) is 12.4. The van der Waals surface area contributed by atoms with Crippen LogP contribution in [0.15, 0.2) is 431 Å². The Morgan fingerprint density at radius 1 is 0.141 bits per heavy atom. The van der Waals surface area contributed by atoms with E-state index in [-0.39, 0.29) is 5.41 Å². The smallest absolute Gasteiger partial charge is 0.0562 e. The summed E-state index contributed by atoms with van der Waals surface area (Å²) < 4.78 is 16.8. The topological polar surface area (TPSA) is 34.5 Å². The van der Waals surface area contributed by atoms with Crippen LogP contribution in [0.5, 0.6) is 0 Å². The van der Waals surface area contributed by atoms with E-state index < -0.39 is 0 Å². The van der Waals surface area contributed by atoms with Gasteiger partial charge in [0.05, 0.1) is 77.2 Å². The van der Waals surface area contributed by atoms with Crippen molar-refractivity contribution in [3.05, 3.63) is 464 Å². The Bertz CT molecular complexity index is 8870. The van der Waals surface area contributed by atoms with Crippen LogP contribution in [0.1, 0.15) is 47.2 Å². The van der Waals surface area contributed by atoms with E-state index in [1.165, 1.54) is 237 Å². The van der Waals surface area contributed by atoms with Gasteiger partial charge in [-0.05, 0) is 250 Å². The van der Waals surface area contributed by atoms with Gasteiger partial charge < -0.3 is 32.0 Å². The zero-order valence-corrected chi connectivity index (χ0v) is 72.1. The minimum Gasteiger partial charge on any atom is -0.309 e. The van der Waals surface area contributed by atoms with Crippen LogP contribution in [0.2, 0.25) is 0 Å². The summed E-state index contributed by atoms with van der Waals surface area (Å²) in [4.78, 5) is 0. The zero-order valence-electron chi connectivity index (χ0n) is 72.1. The highest BCUT2D eigenvalue weighted by Gasteiger charge is 2.36. The molecule has 7 aromatic heterocycles. The molecule has 0 atom stereocenters. The maximum atomic E-state index is 2.44. The number of rotatable bonds is 7. The summed E-state index contributed by atoms with van der Waals surface area (Å²) in [5.74, 6) is 0. The summed E-state index contributed by atoms with van der Waals surface area (Å²) in [7, 11) is 0. The van der Waals surface area contributed by atoms with Crippen LogP contribution < -0.4 is 0 Å². The standard InChI is InChI=1S/3C31H22N2.C28H23N/c1-21-16-17-29-25(18-21)27-20-30-26(19-31(27)33(29)23-12-6-3-7-13-23)24-14-8-9-15-28(24)32(30)22-10-4-2-5-11-22;1-21-16-17-29-25(18-21)27-19-26-24-14-8-9-15-28(24)32(22-10-4-2-5-11-22)30(26)20-31(27)33(29)23-12-6-3-7-13-23;1-21-16-17-25-27-20-30-26(19-31(27)33(29(25)18-21)23-12-6-3-7-13-23)24-14-8-9-15-28(24)32(30)22-10-4-2-5-11-22;1-18-13-14-26-22(15-18)23-16-21-20-11-7-8-12-24(20)28(2,3)25(21)17-27(23)29(26)19-9-5-4-6-10-19/h3*2-20H,1H3;4-17H,1-3H3. The molecule has 7 nitrogen and oxygen atoms in total. The van der Waals surface area contributed by atoms with Crippen molar-refractivity contribution in [3.8, 4) is 50.9 Å². The quantitative estimate of drug-likeness (QED) is 0.152. The Morgan fingerprint density at radius 2 is 0.367 bits per heavy atom. The van der Waals surface area contributed by atoms with Gasteiger partial charge >= 0.3 is 0 Å².